The number of esters is 1. The number of allylic oxidation sites excluding steroid dienone is 1. The first-order valence-corrected chi connectivity index (χ1v) is 12.1. The topological polar surface area (TPSA) is 101 Å². The molecule has 1 atom stereocenters. The summed E-state index contributed by atoms with van der Waals surface area (Å²) in [6, 6.07) is 9.79. The number of carbonyl (C=O) groups excluding carboxylic acids is 1. The molecule has 33 heavy (non-hydrogen) atoms. The summed E-state index contributed by atoms with van der Waals surface area (Å²) in [7, 11) is 0. The summed E-state index contributed by atoms with van der Waals surface area (Å²) >= 11 is 3.12. The number of phenolic OH excluding ortho intramolecular Hbond substituents is 2. The van der Waals surface area contributed by atoms with Crippen LogP contribution in [-0.2, 0) is 9.53 Å². The maximum absolute atomic E-state index is 13.5. The second kappa shape index (κ2) is 9.14. The van der Waals surface area contributed by atoms with Gasteiger partial charge in [0.15, 0.2) is 4.80 Å². The fourth-order valence-electron chi connectivity index (χ4n) is 3.68. The number of halogens is 1. The van der Waals surface area contributed by atoms with Crippen molar-refractivity contribution in [2.75, 3.05) is 6.61 Å². The van der Waals surface area contributed by atoms with Crippen LogP contribution in [0.3, 0.4) is 0 Å². The third-order valence-electron chi connectivity index (χ3n) is 5.29. The molecule has 1 aliphatic heterocycles. The van der Waals surface area contributed by atoms with E-state index < -0.39 is 12.0 Å². The Balaban J connectivity index is 1.97. The molecule has 4 rings (SSSR count). The summed E-state index contributed by atoms with van der Waals surface area (Å²) in [5.41, 5.74) is 2.71. The number of aryl methyl sites for hydroxylation is 1. The number of carbonyl (C=O) groups is 1. The smallest absolute Gasteiger partial charge is 0.338 e. The van der Waals surface area contributed by atoms with Gasteiger partial charge in [0.25, 0.3) is 5.56 Å². The number of phenols is 2. The quantitative estimate of drug-likeness (QED) is 0.368. The number of benzene rings is 2. The lowest BCUT2D eigenvalue weighted by Crippen LogP contribution is -2.39. The van der Waals surface area contributed by atoms with E-state index in [1.807, 2.05) is 53.8 Å². The van der Waals surface area contributed by atoms with Gasteiger partial charge in [-0.2, -0.15) is 0 Å². The van der Waals surface area contributed by atoms with Crippen molar-refractivity contribution >= 4 is 46.0 Å². The Morgan fingerprint density at radius 3 is 2.58 bits per heavy atom. The largest absolute Gasteiger partial charge is 0.507 e. The first-order chi connectivity index (χ1) is 15.7. The van der Waals surface area contributed by atoms with Crippen molar-refractivity contribution in [1.29, 1.82) is 0 Å². The van der Waals surface area contributed by atoms with E-state index in [1.165, 1.54) is 22.0 Å². The van der Waals surface area contributed by atoms with Crippen molar-refractivity contribution in [2.45, 2.75) is 26.8 Å². The van der Waals surface area contributed by atoms with Crippen LogP contribution in [0, 0.1) is 10.5 Å². The Kier molecular flexibility index (Phi) is 6.44. The summed E-state index contributed by atoms with van der Waals surface area (Å²) in [6.07, 6.45) is 1.57. The normalized spacial score (nSPS) is 15.9. The first kappa shape index (κ1) is 23.2. The molecule has 0 saturated heterocycles. The van der Waals surface area contributed by atoms with Crippen LogP contribution in [0.15, 0.2) is 57.5 Å². The molecule has 0 spiro atoms. The summed E-state index contributed by atoms with van der Waals surface area (Å²) in [5, 5.41) is 20.1. The third kappa shape index (κ3) is 4.34. The fraction of sp³-hybridized carbons (Fsp3) is 0.208. The van der Waals surface area contributed by atoms with E-state index in [9.17, 15) is 19.8 Å². The van der Waals surface area contributed by atoms with E-state index in [-0.39, 0.29) is 23.7 Å². The highest BCUT2D eigenvalue weighted by Crippen LogP contribution is 2.31. The van der Waals surface area contributed by atoms with Gasteiger partial charge in [-0.25, -0.2) is 9.79 Å². The molecule has 170 valence electrons. The standard InChI is InChI=1S/C24H21IN2O5S/c1-4-32-23(31)20-13(3)26-24-27(21(20)14-7-5-12(2)6-8-14)22(30)19(33-24)10-15-9-16(25)18(29)11-17(15)28/h5-11,21,28-29H,4H2,1-3H3/b19-10+/t21-/m1/s1. The van der Waals surface area contributed by atoms with Gasteiger partial charge in [0.05, 0.1) is 32.0 Å². The predicted octanol–water partition coefficient (Wildman–Crippen LogP) is 3.12. The maximum atomic E-state index is 13.5. The number of aromatic nitrogens is 1. The lowest BCUT2D eigenvalue weighted by Gasteiger charge is -2.24. The Hall–Kier alpha value is -2.92. The minimum Gasteiger partial charge on any atom is -0.507 e. The van der Waals surface area contributed by atoms with Crippen LogP contribution in [0.2, 0.25) is 0 Å². The molecule has 9 heteroatoms. The Morgan fingerprint density at radius 1 is 1.21 bits per heavy atom. The molecule has 2 aromatic carbocycles. The number of hydrogen-bond donors (Lipinski definition) is 2. The maximum Gasteiger partial charge on any atom is 0.338 e. The third-order valence-corrected chi connectivity index (χ3v) is 7.14. The van der Waals surface area contributed by atoms with Crippen LogP contribution in [-0.4, -0.2) is 27.4 Å². The molecule has 0 unspecified atom stereocenters. The van der Waals surface area contributed by atoms with Gasteiger partial charge in [-0.15, -0.1) is 0 Å². The Bertz CT molecular complexity index is 1470. The first-order valence-electron chi connectivity index (χ1n) is 10.2. The zero-order chi connectivity index (χ0) is 23.9. The molecule has 2 heterocycles. The van der Waals surface area contributed by atoms with E-state index in [4.69, 9.17) is 4.74 Å². The molecule has 0 aliphatic carbocycles. The zero-order valence-corrected chi connectivity index (χ0v) is 21.1. The highest BCUT2D eigenvalue weighted by Gasteiger charge is 2.33. The average molecular weight is 576 g/mol. The molecule has 0 fully saturated rings. The minimum atomic E-state index is -0.684. The number of fused-ring (bicyclic) bond motifs is 1. The molecule has 1 aliphatic rings. The van der Waals surface area contributed by atoms with Crippen LogP contribution >= 0.6 is 33.9 Å². The van der Waals surface area contributed by atoms with Gasteiger partial charge >= 0.3 is 5.97 Å². The zero-order valence-electron chi connectivity index (χ0n) is 18.1. The summed E-state index contributed by atoms with van der Waals surface area (Å²) in [4.78, 5) is 31.4. The number of thiazole rings is 1. The van der Waals surface area contributed by atoms with Gasteiger partial charge in [0, 0.05) is 11.6 Å². The van der Waals surface area contributed by atoms with Crippen LogP contribution in [0.5, 0.6) is 11.5 Å². The van der Waals surface area contributed by atoms with Crippen molar-refractivity contribution in [1.82, 2.24) is 4.57 Å². The summed E-state index contributed by atoms with van der Waals surface area (Å²) in [6.45, 7) is 5.64. The van der Waals surface area contributed by atoms with Crippen LogP contribution in [0.1, 0.15) is 36.6 Å². The molecule has 0 radical (unpaired) electrons. The molecule has 3 aromatic rings. The van der Waals surface area contributed by atoms with Gasteiger partial charge in [0.1, 0.15) is 11.5 Å². The van der Waals surface area contributed by atoms with E-state index in [0.29, 0.717) is 29.7 Å². The fourth-order valence-corrected chi connectivity index (χ4v) is 5.21. The lowest BCUT2D eigenvalue weighted by atomic mass is 9.95. The van der Waals surface area contributed by atoms with Crippen molar-refractivity contribution in [2.24, 2.45) is 4.99 Å². The van der Waals surface area contributed by atoms with Crippen molar-refractivity contribution in [3.8, 4) is 11.5 Å². The Labute approximate surface area is 207 Å². The van der Waals surface area contributed by atoms with E-state index in [1.54, 1.807) is 26.0 Å². The highest BCUT2D eigenvalue weighted by molar-refractivity contribution is 14.1. The molecule has 7 nitrogen and oxygen atoms in total. The van der Waals surface area contributed by atoms with Gasteiger partial charge < -0.3 is 14.9 Å². The molecule has 0 saturated carbocycles. The van der Waals surface area contributed by atoms with Crippen LogP contribution in [0.25, 0.3) is 6.08 Å². The summed E-state index contributed by atoms with van der Waals surface area (Å²) < 4.78 is 7.68. The molecular weight excluding hydrogens is 555 g/mol. The number of nitrogens with zero attached hydrogens (tertiary/aromatic N) is 2. The average Bonchev–Trinajstić information content (AvgIpc) is 3.06. The van der Waals surface area contributed by atoms with Gasteiger partial charge in [-0.3, -0.25) is 9.36 Å². The number of aromatic hydroxyl groups is 2. The molecule has 2 N–H and O–H groups in total. The highest BCUT2D eigenvalue weighted by atomic mass is 127. The number of rotatable bonds is 4. The lowest BCUT2D eigenvalue weighted by molar-refractivity contribution is -0.139. The number of hydrogen-bond acceptors (Lipinski definition) is 7. The van der Waals surface area contributed by atoms with E-state index in [0.717, 1.165) is 11.1 Å². The second-order valence-corrected chi connectivity index (χ2v) is 9.75. The van der Waals surface area contributed by atoms with Crippen molar-refractivity contribution in [3.63, 3.8) is 0 Å². The van der Waals surface area contributed by atoms with Gasteiger partial charge in [-0.1, -0.05) is 41.2 Å². The molecule has 0 amide bonds. The SMILES string of the molecule is CCOC(=O)C1=C(C)N=c2s/c(=C/c3cc(I)c(O)cc3O)c(=O)n2[C@@H]1c1ccc(C)cc1. The van der Waals surface area contributed by atoms with Crippen molar-refractivity contribution < 1.29 is 19.7 Å². The van der Waals surface area contributed by atoms with E-state index in [2.05, 4.69) is 4.99 Å². The van der Waals surface area contributed by atoms with Crippen molar-refractivity contribution in [3.05, 3.63) is 87.6 Å². The second-order valence-electron chi connectivity index (χ2n) is 7.58. The molecule has 1 aromatic heterocycles. The Morgan fingerprint density at radius 2 is 1.91 bits per heavy atom. The monoisotopic (exact) mass is 576 g/mol. The minimum absolute atomic E-state index is 0.0409. The van der Waals surface area contributed by atoms with Gasteiger partial charge in [0.2, 0.25) is 0 Å². The van der Waals surface area contributed by atoms with Crippen LogP contribution in [0.4, 0.5) is 0 Å². The number of ether oxygens (including phenoxy) is 1. The molecular formula is C24H21IN2O5S. The molecule has 0 bridgehead atoms. The predicted molar refractivity (Wildman–Crippen MR) is 134 cm³/mol. The van der Waals surface area contributed by atoms with E-state index >= 15 is 0 Å². The van der Waals surface area contributed by atoms with Crippen LogP contribution < -0.4 is 14.9 Å². The summed E-state index contributed by atoms with van der Waals surface area (Å²) in [5.74, 6) is -0.692. The van der Waals surface area contributed by atoms with Gasteiger partial charge in [-0.05, 0) is 61.1 Å².